The van der Waals surface area contributed by atoms with Crippen LogP contribution in [0.1, 0.15) is 38.2 Å². The molecule has 0 radical (unpaired) electrons. The summed E-state index contributed by atoms with van der Waals surface area (Å²) in [5.74, 6) is 0.965. The highest BCUT2D eigenvalue weighted by Gasteiger charge is 2.19. The molecule has 0 unspecified atom stereocenters. The van der Waals surface area contributed by atoms with E-state index in [-0.39, 0.29) is 5.91 Å². The quantitative estimate of drug-likeness (QED) is 0.827. The van der Waals surface area contributed by atoms with E-state index in [9.17, 15) is 4.79 Å². The van der Waals surface area contributed by atoms with Gasteiger partial charge in [0, 0.05) is 29.7 Å². The Morgan fingerprint density at radius 1 is 1.14 bits per heavy atom. The molecule has 2 rings (SSSR count). The maximum absolute atomic E-state index is 12.7. The standard InChI is InChI=1S/C17H25N3O/c1-11(2)9-20(10-12(3)4)17(21)16-8-13-7-14(18)5-6-15(13)19-16/h5-8,11-12,19H,9-10,18H2,1-4H3. The number of nitrogen functional groups attached to an aromatic ring is 1. The van der Waals surface area contributed by atoms with Gasteiger partial charge in [-0.25, -0.2) is 0 Å². The number of nitrogens with one attached hydrogen (secondary N) is 1. The smallest absolute Gasteiger partial charge is 0.270 e. The van der Waals surface area contributed by atoms with Gasteiger partial charge in [0.25, 0.3) is 5.91 Å². The van der Waals surface area contributed by atoms with Gasteiger partial charge in [-0.15, -0.1) is 0 Å². The van der Waals surface area contributed by atoms with Crippen LogP contribution < -0.4 is 5.73 Å². The summed E-state index contributed by atoms with van der Waals surface area (Å²) >= 11 is 0. The molecule has 0 spiro atoms. The third-order valence-electron chi connectivity index (χ3n) is 3.33. The third-order valence-corrected chi connectivity index (χ3v) is 3.33. The number of aromatic nitrogens is 1. The van der Waals surface area contributed by atoms with E-state index in [0.717, 1.165) is 24.0 Å². The first-order chi connectivity index (χ1) is 9.86. The number of hydrogen-bond acceptors (Lipinski definition) is 2. The molecule has 4 nitrogen and oxygen atoms in total. The van der Waals surface area contributed by atoms with Gasteiger partial charge < -0.3 is 15.6 Å². The van der Waals surface area contributed by atoms with Crippen LogP contribution in [-0.4, -0.2) is 28.9 Å². The Kier molecular flexibility index (Phi) is 4.56. The molecule has 0 saturated heterocycles. The van der Waals surface area contributed by atoms with E-state index in [4.69, 9.17) is 5.73 Å². The number of carbonyl (C=O) groups excluding carboxylic acids is 1. The summed E-state index contributed by atoms with van der Waals surface area (Å²) in [6, 6.07) is 7.53. The Morgan fingerprint density at radius 2 is 1.76 bits per heavy atom. The maximum Gasteiger partial charge on any atom is 0.270 e. The van der Waals surface area contributed by atoms with Crippen molar-refractivity contribution in [3.05, 3.63) is 30.0 Å². The lowest BCUT2D eigenvalue weighted by Gasteiger charge is -2.25. The first-order valence-electron chi connectivity index (χ1n) is 7.54. The van der Waals surface area contributed by atoms with Crippen LogP contribution in [0.15, 0.2) is 24.3 Å². The first-order valence-corrected chi connectivity index (χ1v) is 7.54. The minimum atomic E-state index is 0.0622. The van der Waals surface area contributed by atoms with Gasteiger partial charge in [-0.3, -0.25) is 4.79 Å². The molecule has 4 heteroatoms. The number of nitrogens with zero attached hydrogens (tertiary/aromatic N) is 1. The Morgan fingerprint density at radius 3 is 2.33 bits per heavy atom. The molecule has 1 aromatic carbocycles. The molecule has 0 bridgehead atoms. The Bertz CT molecular complexity index is 618. The first kappa shape index (κ1) is 15.4. The molecule has 0 aliphatic heterocycles. The van der Waals surface area contributed by atoms with E-state index in [1.54, 1.807) is 0 Å². The predicted octanol–water partition coefficient (Wildman–Crippen LogP) is 3.50. The summed E-state index contributed by atoms with van der Waals surface area (Å²) in [4.78, 5) is 17.9. The van der Waals surface area contributed by atoms with Gasteiger partial charge in [0.2, 0.25) is 0 Å². The van der Waals surface area contributed by atoms with Crippen molar-refractivity contribution in [2.75, 3.05) is 18.8 Å². The van der Waals surface area contributed by atoms with Crippen LogP contribution in [0, 0.1) is 11.8 Å². The third kappa shape index (κ3) is 3.78. The molecule has 114 valence electrons. The van der Waals surface area contributed by atoms with Gasteiger partial charge in [0.1, 0.15) is 5.69 Å². The van der Waals surface area contributed by atoms with E-state index in [1.165, 1.54) is 0 Å². The summed E-state index contributed by atoms with van der Waals surface area (Å²) in [5, 5.41) is 0.979. The average molecular weight is 287 g/mol. The van der Waals surface area contributed by atoms with Gasteiger partial charge in [-0.1, -0.05) is 27.7 Å². The zero-order valence-corrected chi connectivity index (χ0v) is 13.3. The zero-order valence-electron chi connectivity index (χ0n) is 13.3. The van der Waals surface area contributed by atoms with Crippen molar-refractivity contribution < 1.29 is 4.79 Å². The number of anilines is 1. The summed E-state index contributed by atoms with van der Waals surface area (Å²) in [5.41, 5.74) is 8.08. The van der Waals surface area contributed by atoms with E-state index >= 15 is 0 Å². The van der Waals surface area contributed by atoms with Gasteiger partial charge >= 0.3 is 0 Å². The lowest BCUT2D eigenvalue weighted by molar-refractivity contribution is 0.0710. The number of benzene rings is 1. The highest BCUT2D eigenvalue weighted by molar-refractivity contribution is 5.98. The molecule has 21 heavy (non-hydrogen) atoms. The number of nitrogens with two attached hydrogens (primary N) is 1. The molecular formula is C17H25N3O. The molecule has 0 aliphatic carbocycles. The molecule has 1 aromatic heterocycles. The lowest BCUT2D eigenvalue weighted by atomic mass is 10.1. The van der Waals surface area contributed by atoms with Crippen molar-refractivity contribution in [3.8, 4) is 0 Å². The van der Waals surface area contributed by atoms with Crippen LogP contribution in [0.5, 0.6) is 0 Å². The minimum absolute atomic E-state index is 0.0622. The van der Waals surface area contributed by atoms with Crippen LogP contribution in [0.25, 0.3) is 10.9 Å². The van der Waals surface area contributed by atoms with Crippen molar-refractivity contribution in [2.45, 2.75) is 27.7 Å². The number of aromatic amines is 1. The zero-order chi connectivity index (χ0) is 15.6. The maximum atomic E-state index is 12.7. The monoisotopic (exact) mass is 287 g/mol. The average Bonchev–Trinajstić information content (AvgIpc) is 2.78. The van der Waals surface area contributed by atoms with Crippen molar-refractivity contribution >= 4 is 22.5 Å². The SMILES string of the molecule is CC(C)CN(CC(C)C)C(=O)c1cc2cc(N)ccc2[nH]1. The fraction of sp³-hybridized carbons (Fsp3) is 0.471. The predicted molar refractivity (Wildman–Crippen MR) is 88.3 cm³/mol. The molecule has 2 aromatic rings. The molecule has 0 aliphatic rings. The molecule has 0 atom stereocenters. The van der Waals surface area contributed by atoms with Crippen molar-refractivity contribution in [2.24, 2.45) is 11.8 Å². The normalized spacial score (nSPS) is 11.5. The summed E-state index contributed by atoms with van der Waals surface area (Å²) < 4.78 is 0. The summed E-state index contributed by atoms with van der Waals surface area (Å²) in [6.07, 6.45) is 0. The number of rotatable bonds is 5. The van der Waals surface area contributed by atoms with Gasteiger partial charge in [-0.05, 0) is 36.1 Å². The Labute approximate surface area is 126 Å². The topological polar surface area (TPSA) is 62.1 Å². The molecule has 1 heterocycles. The van der Waals surface area contributed by atoms with E-state index in [0.29, 0.717) is 23.2 Å². The number of hydrogen-bond donors (Lipinski definition) is 2. The van der Waals surface area contributed by atoms with Crippen molar-refractivity contribution in [3.63, 3.8) is 0 Å². The fourth-order valence-corrected chi connectivity index (χ4v) is 2.56. The summed E-state index contributed by atoms with van der Waals surface area (Å²) in [7, 11) is 0. The van der Waals surface area contributed by atoms with Crippen LogP contribution >= 0.6 is 0 Å². The fourth-order valence-electron chi connectivity index (χ4n) is 2.56. The van der Waals surface area contributed by atoms with Gasteiger partial charge in [0.15, 0.2) is 0 Å². The summed E-state index contributed by atoms with van der Waals surface area (Å²) in [6.45, 7) is 10.1. The Hall–Kier alpha value is -1.97. The van der Waals surface area contributed by atoms with Crippen molar-refractivity contribution in [1.82, 2.24) is 9.88 Å². The molecular weight excluding hydrogens is 262 g/mol. The van der Waals surface area contributed by atoms with E-state index < -0.39 is 0 Å². The van der Waals surface area contributed by atoms with Gasteiger partial charge in [0.05, 0.1) is 0 Å². The van der Waals surface area contributed by atoms with Crippen LogP contribution in [-0.2, 0) is 0 Å². The molecule has 0 fully saturated rings. The molecule has 3 N–H and O–H groups in total. The number of amides is 1. The second kappa shape index (κ2) is 6.20. The highest BCUT2D eigenvalue weighted by Crippen LogP contribution is 2.20. The minimum Gasteiger partial charge on any atom is -0.399 e. The molecule has 0 saturated carbocycles. The number of H-pyrrole nitrogens is 1. The van der Waals surface area contributed by atoms with Crippen LogP contribution in [0.2, 0.25) is 0 Å². The number of carbonyl (C=O) groups is 1. The molecule has 1 amide bonds. The number of fused-ring (bicyclic) bond motifs is 1. The highest BCUT2D eigenvalue weighted by atomic mass is 16.2. The lowest BCUT2D eigenvalue weighted by Crippen LogP contribution is -2.37. The second-order valence-corrected chi connectivity index (χ2v) is 6.53. The van der Waals surface area contributed by atoms with E-state index in [2.05, 4.69) is 32.7 Å². The van der Waals surface area contributed by atoms with E-state index in [1.807, 2.05) is 29.2 Å². The van der Waals surface area contributed by atoms with Crippen LogP contribution in [0.4, 0.5) is 5.69 Å². The second-order valence-electron chi connectivity index (χ2n) is 6.53. The Balaban J connectivity index is 2.28. The van der Waals surface area contributed by atoms with Crippen molar-refractivity contribution in [1.29, 1.82) is 0 Å². The largest absolute Gasteiger partial charge is 0.399 e. The van der Waals surface area contributed by atoms with Gasteiger partial charge in [-0.2, -0.15) is 0 Å². The van der Waals surface area contributed by atoms with Crippen LogP contribution in [0.3, 0.4) is 0 Å².